The lowest BCUT2D eigenvalue weighted by atomic mass is 9.96. The number of aromatic nitrogens is 2. The fourth-order valence-corrected chi connectivity index (χ4v) is 2.85. The molecule has 2 aromatic rings. The van der Waals surface area contributed by atoms with Gasteiger partial charge in [0.25, 0.3) is 5.91 Å². The Morgan fingerprint density at radius 3 is 2.38 bits per heavy atom. The van der Waals surface area contributed by atoms with E-state index in [1.54, 1.807) is 6.92 Å². The van der Waals surface area contributed by atoms with Gasteiger partial charge >= 0.3 is 0 Å². The highest BCUT2D eigenvalue weighted by Crippen LogP contribution is 2.34. The number of halogens is 2. The molecule has 1 aromatic carbocycles. The highest BCUT2D eigenvalue weighted by molar-refractivity contribution is 6.40. The highest BCUT2D eigenvalue weighted by Gasteiger charge is 2.27. The van der Waals surface area contributed by atoms with Gasteiger partial charge in [-0.25, -0.2) is 4.98 Å². The molecular formula is C17H19Cl2N5O2. The molecule has 1 heterocycles. The van der Waals surface area contributed by atoms with Crippen molar-refractivity contribution in [1.82, 2.24) is 9.97 Å². The van der Waals surface area contributed by atoms with Crippen LogP contribution in [0.3, 0.4) is 0 Å². The Kier molecular flexibility index (Phi) is 6.52. The second-order valence-electron chi connectivity index (χ2n) is 5.98. The zero-order valence-corrected chi connectivity index (χ0v) is 15.9. The van der Waals surface area contributed by atoms with E-state index in [2.05, 4.69) is 20.6 Å². The second kappa shape index (κ2) is 8.44. The van der Waals surface area contributed by atoms with Crippen molar-refractivity contribution in [2.24, 2.45) is 5.73 Å². The van der Waals surface area contributed by atoms with Gasteiger partial charge in [-0.15, -0.1) is 0 Å². The van der Waals surface area contributed by atoms with E-state index in [-0.39, 0.29) is 27.3 Å². The predicted octanol–water partition coefficient (Wildman–Crippen LogP) is 3.49. The first-order valence-electron chi connectivity index (χ1n) is 7.91. The van der Waals surface area contributed by atoms with E-state index in [0.29, 0.717) is 12.1 Å². The fraction of sp³-hybridized carbons (Fsp3) is 0.294. The summed E-state index contributed by atoms with van der Waals surface area (Å²) in [5.74, 6) is -0.848. The minimum Gasteiger partial charge on any atom is -0.324 e. The minimum absolute atomic E-state index is 0.121. The Morgan fingerprint density at radius 2 is 1.85 bits per heavy atom. The number of nitrogens with zero attached hydrogens (tertiary/aromatic N) is 2. The summed E-state index contributed by atoms with van der Waals surface area (Å²) < 4.78 is 0. The number of nitrogens with one attached hydrogen (secondary N) is 2. The number of carbonyl (C=O) groups is 2. The Labute approximate surface area is 161 Å². The zero-order valence-electron chi connectivity index (χ0n) is 14.3. The molecule has 138 valence electrons. The third kappa shape index (κ3) is 4.91. The van der Waals surface area contributed by atoms with Gasteiger partial charge in [0.1, 0.15) is 5.69 Å². The van der Waals surface area contributed by atoms with Gasteiger partial charge < -0.3 is 16.4 Å². The Balaban J connectivity index is 2.18. The van der Waals surface area contributed by atoms with Crippen LogP contribution < -0.4 is 16.4 Å². The van der Waals surface area contributed by atoms with Crippen molar-refractivity contribution in [2.75, 3.05) is 10.6 Å². The van der Waals surface area contributed by atoms with Gasteiger partial charge in [0.2, 0.25) is 5.91 Å². The lowest BCUT2D eigenvalue weighted by Crippen LogP contribution is -2.48. The smallest absolute Gasteiger partial charge is 0.275 e. The zero-order chi connectivity index (χ0) is 19.3. The molecule has 0 saturated carbocycles. The number of amides is 2. The molecular weight excluding hydrogens is 377 g/mol. The van der Waals surface area contributed by atoms with Crippen LogP contribution in [0, 0.1) is 0 Å². The van der Waals surface area contributed by atoms with E-state index in [1.807, 2.05) is 6.92 Å². The SMILES string of the molecule is CCCC(C)(N)C(=O)Nc1cc(Cl)c(NC(=O)c2cnccn2)c(Cl)c1. The molecule has 0 radical (unpaired) electrons. The van der Waals surface area contributed by atoms with Crippen LogP contribution in [0.1, 0.15) is 37.2 Å². The third-order valence-electron chi connectivity index (χ3n) is 3.62. The third-order valence-corrected chi connectivity index (χ3v) is 4.22. The van der Waals surface area contributed by atoms with Crippen molar-refractivity contribution in [2.45, 2.75) is 32.2 Å². The summed E-state index contributed by atoms with van der Waals surface area (Å²) in [5, 5.41) is 5.61. The molecule has 0 aliphatic heterocycles. The van der Waals surface area contributed by atoms with Gasteiger partial charge in [-0.05, 0) is 25.5 Å². The van der Waals surface area contributed by atoms with Gasteiger partial charge in [-0.1, -0.05) is 36.5 Å². The molecule has 1 unspecified atom stereocenters. The molecule has 0 bridgehead atoms. The van der Waals surface area contributed by atoms with Crippen LogP contribution in [0.4, 0.5) is 11.4 Å². The molecule has 2 amide bonds. The Bertz CT molecular complexity index is 789. The predicted molar refractivity (Wildman–Crippen MR) is 103 cm³/mol. The maximum atomic E-state index is 12.3. The number of carbonyl (C=O) groups excluding carboxylic acids is 2. The topological polar surface area (TPSA) is 110 Å². The summed E-state index contributed by atoms with van der Waals surface area (Å²) in [6.45, 7) is 3.60. The van der Waals surface area contributed by atoms with Crippen molar-refractivity contribution < 1.29 is 9.59 Å². The molecule has 2 rings (SSSR count). The van der Waals surface area contributed by atoms with Gasteiger partial charge in [-0.2, -0.15) is 0 Å². The van der Waals surface area contributed by atoms with Crippen molar-refractivity contribution in [3.05, 3.63) is 46.5 Å². The van der Waals surface area contributed by atoms with Crippen molar-refractivity contribution >= 4 is 46.4 Å². The monoisotopic (exact) mass is 395 g/mol. The van der Waals surface area contributed by atoms with E-state index >= 15 is 0 Å². The van der Waals surface area contributed by atoms with Crippen LogP contribution in [0.5, 0.6) is 0 Å². The van der Waals surface area contributed by atoms with Crippen LogP contribution in [-0.2, 0) is 4.79 Å². The number of anilines is 2. The lowest BCUT2D eigenvalue weighted by Gasteiger charge is -2.23. The molecule has 0 spiro atoms. The summed E-state index contributed by atoms with van der Waals surface area (Å²) in [4.78, 5) is 32.2. The molecule has 1 atom stereocenters. The first kappa shape index (κ1) is 20.1. The molecule has 0 aliphatic carbocycles. The summed E-state index contributed by atoms with van der Waals surface area (Å²) >= 11 is 12.4. The van der Waals surface area contributed by atoms with Gasteiger partial charge in [0.05, 0.1) is 27.5 Å². The molecule has 0 fully saturated rings. The maximum Gasteiger partial charge on any atom is 0.275 e. The van der Waals surface area contributed by atoms with E-state index in [0.717, 1.165) is 6.42 Å². The first-order chi connectivity index (χ1) is 12.2. The summed E-state index contributed by atoms with van der Waals surface area (Å²) in [7, 11) is 0. The number of rotatable bonds is 6. The quantitative estimate of drug-likeness (QED) is 0.692. The second-order valence-corrected chi connectivity index (χ2v) is 6.80. The Morgan fingerprint density at radius 1 is 1.19 bits per heavy atom. The Hall–Kier alpha value is -2.22. The van der Waals surface area contributed by atoms with E-state index in [9.17, 15) is 9.59 Å². The van der Waals surface area contributed by atoms with Crippen molar-refractivity contribution in [3.8, 4) is 0 Å². The molecule has 9 heteroatoms. The number of hydrogen-bond acceptors (Lipinski definition) is 5. The number of benzene rings is 1. The van der Waals surface area contributed by atoms with Crippen LogP contribution in [0.15, 0.2) is 30.7 Å². The summed E-state index contributed by atoms with van der Waals surface area (Å²) in [6, 6.07) is 2.97. The summed E-state index contributed by atoms with van der Waals surface area (Å²) in [5.41, 5.74) is 5.72. The van der Waals surface area contributed by atoms with Gasteiger partial charge in [0, 0.05) is 18.1 Å². The minimum atomic E-state index is -1.01. The molecule has 4 N–H and O–H groups in total. The largest absolute Gasteiger partial charge is 0.324 e. The first-order valence-corrected chi connectivity index (χ1v) is 8.67. The van der Waals surface area contributed by atoms with Crippen LogP contribution in [0.25, 0.3) is 0 Å². The highest BCUT2D eigenvalue weighted by atomic mass is 35.5. The molecule has 0 saturated heterocycles. The average Bonchev–Trinajstić information content (AvgIpc) is 2.58. The summed E-state index contributed by atoms with van der Waals surface area (Å²) in [6.07, 6.45) is 5.48. The van der Waals surface area contributed by atoms with E-state index < -0.39 is 11.4 Å². The van der Waals surface area contributed by atoms with E-state index in [4.69, 9.17) is 28.9 Å². The fourth-order valence-electron chi connectivity index (χ4n) is 2.27. The average molecular weight is 396 g/mol. The standard InChI is InChI=1S/C17H19Cl2N5O2/c1-3-4-17(2,20)16(26)23-10-7-11(18)14(12(19)8-10)24-15(25)13-9-21-5-6-22-13/h5-9H,3-4,20H2,1-2H3,(H,23,26)(H,24,25). The van der Waals surface area contributed by atoms with Crippen LogP contribution in [0.2, 0.25) is 10.0 Å². The molecule has 26 heavy (non-hydrogen) atoms. The van der Waals surface area contributed by atoms with Crippen molar-refractivity contribution in [3.63, 3.8) is 0 Å². The molecule has 0 aliphatic rings. The number of nitrogens with two attached hydrogens (primary N) is 1. The maximum absolute atomic E-state index is 12.3. The number of hydrogen-bond donors (Lipinski definition) is 3. The van der Waals surface area contributed by atoms with Gasteiger partial charge in [0.15, 0.2) is 0 Å². The normalized spacial score (nSPS) is 13.0. The van der Waals surface area contributed by atoms with Gasteiger partial charge in [-0.3, -0.25) is 14.6 Å². The molecule has 7 nitrogen and oxygen atoms in total. The van der Waals surface area contributed by atoms with Crippen LogP contribution in [-0.4, -0.2) is 27.3 Å². The van der Waals surface area contributed by atoms with E-state index in [1.165, 1.54) is 30.7 Å². The van der Waals surface area contributed by atoms with Crippen molar-refractivity contribution in [1.29, 1.82) is 0 Å². The van der Waals surface area contributed by atoms with Crippen LogP contribution >= 0.6 is 23.2 Å². The lowest BCUT2D eigenvalue weighted by molar-refractivity contribution is -0.120. The molecule has 1 aromatic heterocycles.